The second kappa shape index (κ2) is 7.38. The monoisotopic (exact) mass is 342 g/mol. The second-order valence-electron chi connectivity index (χ2n) is 6.09. The highest BCUT2D eigenvalue weighted by atomic mass is 32.2. The van der Waals surface area contributed by atoms with E-state index >= 15 is 0 Å². The van der Waals surface area contributed by atoms with Gasteiger partial charge in [0.05, 0.1) is 0 Å². The molecule has 2 unspecified atom stereocenters. The molecule has 1 aliphatic rings. The summed E-state index contributed by atoms with van der Waals surface area (Å²) in [7, 11) is 0. The van der Waals surface area contributed by atoms with Gasteiger partial charge in [-0.25, -0.2) is 5.48 Å². The van der Waals surface area contributed by atoms with Crippen LogP contribution in [-0.2, 0) is 11.3 Å². The molecule has 0 saturated carbocycles. The van der Waals surface area contributed by atoms with Gasteiger partial charge in [-0.1, -0.05) is 61.5 Å². The lowest BCUT2D eigenvalue weighted by molar-refractivity contribution is -0.136. The molecule has 1 heterocycles. The Labute approximate surface area is 146 Å². The lowest BCUT2D eigenvalue weighted by Crippen LogP contribution is -2.59. The van der Waals surface area contributed by atoms with Gasteiger partial charge in [-0.05, 0) is 28.9 Å². The normalized spacial score (nSPS) is 23.2. The third-order valence-corrected chi connectivity index (χ3v) is 6.08. The average molecular weight is 342 g/mol. The second-order valence-corrected chi connectivity index (χ2v) is 7.54. The predicted molar refractivity (Wildman–Crippen MR) is 97.9 cm³/mol. The van der Waals surface area contributed by atoms with E-state index in [4.69, 9.17) is 5.21 Å². The van der Waals surface area contributed by atoms with E-state index in [1.165, 1.54) is 11.1 Å². The molecule has 5 heteroatoms. The Hall–Kier alpha value is -1.82. The number of carbonyl (C=O) groups excluding carboxylic acids is 1. The molecule has 24 heavy (non-hydrogen) atoms. The Balaban J connectivity index is 1.71. The van der Waals surface area contributed by atoms with Crippen molar-refractivity contribution in [1.29, 1.82) is 0 Å². The molecule has 2 aromatic rings. The highest BCUT2D eigenvalue weighted by Crippen LogP contribution is 2.36. The fourth-order valence-corrected chi connectivity index (χ4v) is 4.54. The number of amides is 1. The van der Waals surface area contributed by atoms with Gasteiger partial charge in [-0.2, -0.15) is 11.8 Å². The lowest BCUT2D eigenvalue weighted by atomic mass is 9.91. The number of thioether (sulfide) groups is 1. The van der Waals surface area contributed by atoms with Crippen LogP contribution in [0.3, 0.4) is 0 Å². The van der Waals surface area contributed by atoms with Crippen molar-refractivity contribution in [3.8, 4) is 11.1 Å². The summed E-state index contributed by atoms with van der Waals surface area (Å²) in [6.45, 7) is 2.62. The van der Waals surface area contributed by atoms with Crippen LogP contribution in [0.25, 0.3) is 11.1 Å². The van der Waals surface area contributed by atoms with Gasteiger partial charge in [0.25, 0.3) is 5.91 Å². The molecule has 1 amide bonds. The quantitative estimate of drug-likeness (QED) is 0.577. The van der Waals surface area contributed by atoms with Gasteiger partial charge in [0.1, 0.15) is 5.54 Å². The van der Waals surface area contributed by atoms with Crippen LogP contribution in [-0.4, -0.2) is 27.7 Å². The summed E-state index contributed by atoms with van der Waals surface area (Å²) in [5.74, 6) is 0.565. The van der Waals surface area contributed by atoms with Gasteiger partial charge < -0.3 is 0 Å². The minimum atomic E-state index is -0.711. The van der Waals surface area contributed by atoms with Crippen molar-refractivity contribution < 1.29 is 10.0 Å². The largest absolute Gasteiger partial charge is 0.298 e. The molecule has 0 bridgehead atoms. The maximum Gasteiger partial charge on any atom is 0.264 e. The van der Waals surface area contributed by atoms with E-state index in [0.29, 0.717) is 13.0 Å². The first-order chi connectivity index (χ1) is 11.7. The van der Waals surface area contributed by atoms with Crippen molar-refractivity contribution >= 4 is 17.7 Å². The first-order valence-corrected chi connectivity index (χ1v) is 9.16. The number of hydrogen-bond acceptors (Lipinski definition) is 4. The number of carbonyl (C=O) groups is 1. The highest BCUT2D eigenvalue weighted by Gasteiger charge is 2.47. The number of rotatable bonds is 5. The van der Waals surface area contributed by atoms with E-state index in [-0.39, 0.29) is 11.2 Å². The van der Waals surface area contributed by atoms with Gasteiger partial charge in [0.2, 0.25) is 0 Å². The smallest absolute Gasteiger partial charge is 0.264 e. The van der Waals surface area contributed by atoms with Crippen LogP contribution >= 0.6 is 11.8 Å². The van der Waals surface area contributed by atoms with Crippen molar-refractivity contribution in [3.63, 3.8) is 0 Å². The minimum absolute atomic E-state index is 0.119. The van der Waals surface area contributed by atoms with Gasteiger partial charge in [-0.15, -0.1) is 0 Å². The molecule has 2 aromatic carbocycles. The van der Waals surface area contributed by atoms with Gasteiger partial charge in [-0.3, -0.25) is 15.3 Å². The third-order valence-electron chi connectivity index (χ3n) is 4.73. The minimum Gasteiger partial charge on any atom is -0.298 e. The molecule has 0 aromatic heterocycles. The summed E-state index contributed by atoms with van der Waals surface area (Å²) < 4.78 is 0. The van der Waals surface area contributed by atoms with Gasteiger partial charge in [0, 0.05) is 11.8 Å². The van der Waals surface area contributed by atoms with Crippen LogP contribution in [0.2, 0.25) is 0 Å². The molecule has 3 rings (SSSR count). The van der Waals surface area contributed by atoms with Crippen LogP contribution in [0.4, 0.5) is 0 Å². The van der Waals surface area contributed by atoms with Crippen molar-refractivity contribution in [3.05, 3.63) is 60.2 Å². The molecular weight excluding hydrogens is 320 g/mol. The summed E-state index contributed by atoms with van der Waals surface area (Å²) in [5.41, 5.74) is 4.60. The molecule has 1 saturated heterocycles. The van der Waals surface area contributed by atoms with E-state index in [1.54, 1.807) is 11.8 Å². The van der Waals surface area contributed by atoms with E-state index in [0.717, 1.165) is 11.3 Å². The zero-order valence-electron chi connectivity index (χ0n) is 13.7. The maximum absolute atomic E-state index is 12.2. The van der Waals surface area contributed by atoms with Crippen molar-refractivity contribution in [2.75, 3.05) is 5.75 Å². The lowest BCUT2D eigenvalue weighted by Gasteiger charge is -2.31. The van der Waals surface area contributed by atoms with E-state index < -0.39 is 5.54 Å². The van der Waals surface area contributed by atoms with Crippen molar-refractivity contribution in [1.82, 2.24) is 10.8 Å². The van der Waals surface area contributed by atoms with Crippen LogP contribution in [0.5, 0.6) is 0 Å². The molecule has 0 spiro atoms. The first-order valence-electron chi connectivity index (χ1n) is 8.11. The molecule has 1 aliphatic heterocycles. The van der Waals surface area contributed by atoms with Crippen LogP contribution in [0, 0.1) is 0 Å². The Kier molecular flexibility index (Phi) is 5.23. The SMILES string of the molecule is CC1SCCC1(NCc1ccc(-c2ccccc2)cc1)C(=O)NO. The van der Waals surface area contributed by atoms with Crippen molar-refractivity contribution in [2.24, 2.45) is 0 Å². The number of nitrogens with one attached hydrogen (secondary N) is 2. The molecule has 1 fully saturated rings. The zero-order valence-corrected chi connectivity index (χ0v) is 14.5. The average Bonchev–Trinajstić information content (AvgIpc) is 3.02. The molecule has 0 radical (unpaired) electrons. The van der Waals surface area contributed by atoms with Gasteiger partial charge in [0.15, 0.2) is 0 Å². The van der Waals surface area contributed by atoms with E-state index in [1.807, 2.05) is 30.6 Å². The summed E-state index contributed by atoms with van der Waals surface area (Å²) in [6, 6.07) is 18.6. The topological polar surface area (TPSA) is 61.4 Å². The Morgan fingerprint density at radius 3 is 2.42 bits per heavy atom. The number of hydrogen-bond donors (Lipinski definition) is 3. The number of hydroxylamine groups is 1. The van der Waals surface area contributed by atoms with Gasteiger partial charge >= 0.3 is 0 Å². The molecule has 4 nitrogen and oxygen atoms in total. The summed E-state index contributed by atoms with van der Waals surface area (Å²) >= 11 is 1.75. The van der Waals surface area contributed by atoms with Crippen molar-refractivity contribution in [2.45, 2.75) is 30.7 Å². The van der Waals surface area contributed by atoms with E-state index in [2.05, 4.69) is 41.7 Å². The summed E-state index contributed by atoms with van der Waals surface area (Å²) in [5, 5.41) is 12.6. The Bertz CT molecular complexity index is 690. The highest BCUT2D eigenvalue weighted by molar-refractivity contribution is 8.00. The molecule has 3 N–H and O–H groups in total. The fraction of sp³-hybridized carbons (Fsp3) is 0.316. The Morgan fingerprint density at radius 2 is 1.83 bits per heavy atom. The van der Waals surface area contributed by atoms with Crippen LogP contribution < -0.4 is 10.8 Å². The van der Waals surface area contributed by atoms with E-state index in [9.17, 15) is 4.79 Å². The number of benzene rings is 2. The fourth-order valence-electron chi connectivity index (χ4n) is 3.16. The molecular formula is C19H22N2O2S. The third kappa shape index (κ3) is 3.34. The summed E-state index contributed by atoms with van der Waals surface area (Å²) in [4.78, 5) is 12.2. The molecule has 2 atom stereocenters. The Morgan fingerprint density at radius 1 is 1.17 bits per heavy atom. The first kappa shape index (κ1) is 17.0. The maximum atomic E-state index is 12.2. The van der Waals surface area contributed by atoms with Crippen LogP contribution in [0.15, 0.2) is 54.6 Å². The summed E-state index contributed by atoms with van der Waals surface area (Å²) in [6.07, 6.45) is 0.716. The predicted octanol–water partition coefficient (Wildman–Crippen LogP) is 3.21. The standard InChI is InChI=1S/C19H22N2O2S/c1-14-19(11-12-24-14,18(22)21-23)20-13-15-7-9-17(10-8-15)16-5-3-2-4-6-16/h2-10,14,20,23H,11-13H2,1H3,(H,21,22). The molecule has 126 valence electrons. The van der Waals surface area contributed by atoms with Crippen LogP contribution in [0.1, 0.15) is 18.9 Å². The molecule has 0 aliphatic carbocycles. The zero-order chi connectivity index (χ0) is 17.0.